The molecule has 0 aliphatic heterocycles. The number of ether oxygens (including phenoxy) is 1. The molecule has 3 aromatic rings. The average molecular weight is 538 g/mol. The minimum Gasteiger partial charge on any atom is -0.504 e. The Balaban J connectivity index is 1.78. The third kappa shape index (κ3) is 6.70. The number of phenolic OH excluding ortho intramolecular Hbond substituents is 1. The van der Waals surface area contributed by atoms with Crippen molar-refractivity contribution in [2.75, 3.05) is 7.11 Å². The Bertz CT molecular complexity index is 1140. The predicted molar refractivity (Wildman–Crippen MR) is 140 cm³/mol. The Morgan fingerprint density at radius 2 is 1.54 bits per heavy atom. The van der Waals surface area contributed by atoms with Crippen LogP contribution in [0.3, 0.4) is 0 Å². The largest absolute Gasteiger partial charge is 0.504 e. The van der Waals surface area contributed by atoms with E-state index in [0.717, 1.165) is 11.1 Å². The highest BCUT2D eigenvalue weighted by Gasteiger charge is 2.29. The van der Waals surface area contributed by atoms with Crippen LogP contribution in [-0.4, -0.2) is 36.3 Å². The first-order valence-corrected chi connectivity index (χ1v) is 11.9. The van der Waals surface area contributed by atoms with Gasteiger partial charge in [-0.15, -0.1) is 0 Å². The van der Waals surface area contributed by atoms with Crippen LogP contribution in [-0.2, 0) is 9.59 Å². The van der Waals surface area contributed by atoms with Crippen LogP contribution < -0.4 is 15.5 Å². The van der Waals surface area contributed by atoms with Crippen LogP contribution in [0.2, 0.25) is 0 Å². The molecule has 0 saturated heterocycles. The molecule has 3 rings (SSSR count). The number of nitrogens with one attached hydrogen (secondary N) is 2. The first-order valence-electron chi connectivity index (χ1n) is 11.1. The lowest BCUT2D eigenvalue weighted by molar-refractivity contribution is -0.130. The van der Waals surface area contributed by atoms with E-state index in [4.69, 9.17) is 4.74 Å². The van der Waals surface area contributed by atoms with Crippen molar-refractivity contribution >= 4 is 34.0 Å². The third-order valence-electron chi connectivity index (χ3n) is 5.44. The molecule has 0 bridgehead atoms. The van der Waals surface area contributed by atoms with Crippen LogP contribution in [0, 0.1) is 5.92 Å². The average Bonchev–Trinajstić information content (AvgIpc) is 2.85. The summed E-state index contributed by atoms with van der Waals surface area (Å²) in [6, 6.07) is 21.3. The monoisotopic (exact) mass is 537 g/mol. The summed E-state index contributed by atoms with van der Waals surface area (Å²) < 4.78 is 5.81. The zero-order valence-electron chi connectivity index (χ0n) is 19.7. The van der Waals surface area contributed by atoms with Gasteiger partial charge >= 0.3 is 0 Å². The van der Waals surface area contributed by atoms with Crippen LogP contribution in [0.25, 0.3) is 0 Å². The molecule has 0 saturated carbocycles. The standard InChI is InChI=1S/C27H28BrN3O4/c1-17(2)24(27(34)31-29-16-20-14-21(28)15-22(35-3)25(20)32)30-26(33)23(18-10-6-4-7-11-18)19-12-8-5-9-13-19/h4-17,23-24,32H,1-3H3,(H,30,33)(H,31,34)/b29-16-/t24-/m1/s1. The van der Waals surface area contributed by atoms with Crippen molar-refractivity contribution in [2.45, 2.75) is 25.8 Å². The Kier molecular flexibility index (Phi) is 9.03. The summed E-state index contributed by atoms with van der Waals surface area (Å²) in [5.41, 5.74) is 4.49. The number of halogens is 1. The first kappa shape index (κ1) is 26.0. The summed E-state index contributed by atoms with van der Waals surface area (Å²) in [5.74, 6) is -1.34. The number of nitrogens with zero attached hydrogens (tertiary/aromatic N) is 1. The zero-order chi connectivity index (χ0) is 25.4. The number of methoxy groups -OCH3 is 1. The van der Waals surface area contributed by atoms with E-state index >= 15 is 0 Å². The van der Waals surface area contributed by atoms with Crippen LogP contribution in [0.4, 0.5) is 0 Å². The van der Waals surface area contributed by atoms with Gasteiger partial charge in [-0.25, -0.2) is 5.43 Å². The summed E-state index contributed by atoms with van der Waals surface area (Å²) in [4.78, 5) is 26.4. The third-order valence-corrected chi connectivity index (χ3v) is 5.90. The van der Waals surface area contributed by atoms with E-state index in [0.29, 0.717) is 10.0 Å². The van der Waals surface area contributed by atoms with Crippen molar-refractivity contribution in [1.29, 1.82) is 0 Å². The highest BCUT2D eigenvalue weighted by Crippen LogP contribution is 2.32. The van der Waals surface area contributed by atoms with Gasteiger partial charge in [0.25, 0.3) is 5.91 Å². The number of benzene rings is 3. The molecule has 0 unspecified atom stereocenters. The SMILES string of the molecule is COc1cc(Br)cc(/C=N\NC(=O)[C@H](NC(=O)C(c2ccccc2)c2ccccc2)C(C)C)c1O. The van der Waals surface area contributed by atoms with Gasteiger partial charge in [-0.3, -0.25) is 9.59 Å². The molecule has 0 aliphatic carbocycles. The molecule has 182 valence electrons. The molecule has 0 aliphatic rings. The minimum atomic E-state index is -0.819. The number of phenols is 1. The summed E-state index contributed by atoms with van der Waals surface area (Å²) in [5, 5.41) is 17.1. The van der Waals surface area contributed by atoms with Gasteiger partial charge < -0.3 is 15.2 Å². The Morgan fingerprint density at radius 1 is 0.971 bits per heavy atom. The summed E-state index contributed by atoms with van der Waals surface area (Å²) in [7, 11) is 1.44. The summed E-state index contributed by atoms with van der Waals surface area (Å²) in [6.45, 7) is 3.69. The van der Waals surface area contributed by atoms with E-state index in [1.807, 2.05) is 74.5 Å². The van der Waals surface area contributed by atoms with Gasteiger partial charge in [0.05, 0.1) is 19.2 Å². The van der Waals surface area contributed by atoms with Crippen molar-refractivity contribution in [2.24, 2.45) is 11.0 Å². The molecule has 0 aromatic heterocycles. The van der Waals surface area contributed by atoms with E-state index < -0.39 is 17.9 Å². The second-order valence-electron chi connectivity index (χ2n) is 8.26. The molecule has 3 N–H and O–H groups in total. The number of hydrogen-bond donors (Lipinski definition) is 3. The molecule has 0 heterocycles. The van der Waals surface area contributed by atoms with Crippen LogP contribution in [0.5, 0.6) is 11.5 Å². The summed E-state index contributed by atoms with van der Waals surface area (Å²) in [6.07, 6.45) is 1.32. The second kappa shape index (κ2) is 12.2. The number of amides is 2. The van der Waals surface area contributed by atoms with Gasteiger partial charge in [-0.2, -0.15) is 5.10 Å². The quantitative estimate of drug-likeness (QED) is 0.274. The smallest absolute Gasteiger partial charge is 0.262 e. The van der Waals surface area contributed by atoms with Crippen LogP contribution in [0.1, 0.15) is 36.5 Å². The van der Waals surface area contributed by atoms with E-state index in [2.05, 4.69) is 31.8 Å². The van der Waals surface area contributed by atoms with Crippen LogP contribution in [0.15, 0.2) is 82.4 Å². The fourth-order valence-electron chi connectivity index (χ4n) is 3.64. The second-order valence-corrected chi connectivity index (χ2v) is 9.18. The maximum absolute atomic E-state index is 13.4. The minimum absolute atomic E-state index is 0.101. The zero-order valence-corrected chi connectivity index (χ0v) is 21.3. The molecule has 0 spiro atoms. The fraction of sp³-hybridized carbons (Fsp3) is 0.222. The number of carbonyl (C=O) groups excluding carboxylic acids is 2. The number of hydrogen-bond acceptors (Lipinski definition) is 5. The predicted octanol–water partition coefficient (Wildman–Crippen LogP) is 4.59. The first-order chi connectivity index (χ1) is 16.8. The van der Waals surface area contributed by atoms with Gasteiger partial charge in [0.2, 0.25) is 5.91 Å². The van der Waals surface area contributed by atoms with Gasteiger partial charge in [0, 0.05) is 10.0 Å². The normalized spacial score (nSPS) is 12.1. The van der Waals surface area contributed by atoms with Gasteiger partial charge in [0.15, 0.2) is 11.5 Å². The maximum Gasteiger partial charge on any atom is 0.262 e. The Hall–Kier alpha value is -3.65. The van der Waals surface area contributed by atoms with Crippen molar-refractivity contribution in [1.82, 2.24) is 10.7 Å². The number of rotatable bonds is 9. The molecule has 2 amide bonds. The van der Waals surface area contributed by atoms with E-state index in [1.165, 1.54) is 13.3 Å². The number of aromatic hydroxyl groups is 1. The lowest BCUT2D eigenvalue weighted by atomic mass is 9.89. The molecule has 1 atom stereocenters. The topological polar surface area (TPSA) is 100 Å². The molecule has 7 nitrogen and oxygen atoms in total. The molecular weight excluding hydrogens is 510 g/mol. The molecule has 8 heteroatoms. The molecule has 35 heavy (non-hydrogen) atoms. The lowest BCUT2D eigenvalue weighted by Gasteiger charge is -2.24. The Morgan fingerprint density at radius 3 is 2.06 bits per heavy atom. The maximum atomic E-state index is 13.4. The van der Waals surface area contributed by atoms with Gasteiger partial charge in [-0.05, 0) is 29.2 Å². The van der Waals surface area contributed by atoms with Crippen molar-refractivity contribution in [3.05, 3.63) is 94.0 Å². The molecular formula is C27H28BrN3O4. The van der Waals surface area contributed by atoms with E-state index in [-0.39, 0.29) is 23.3 Å². The molecule has 0 radical (unpaired) electrons. The molecule has 3 aromatic carbocycles. The lowest BCUT2D eigenvalue weighted by Crippen LogP contribution is -2.50. The van der Waals surface area contributed by atoms with Crippen LogP contribution >= 0.6 is 15.9 Å². The highest BCUT2D eigenvalue weighted by molar-refractivity contribution is 9.10. The van der Waals surface area contributed by atoms with Crippen molar-refractivity contribution < 1.29 is 19.4 Å². The van der Waals surface area contributed by atoms with Crippen molar-refractivity contribution in [3.8, 4) is 11.5 Å². The summed E-state index contributed by atoms with van der Waals surface area (Å²) >= 11 is 3.34. The fourth-order valence-corrected chi connectivity index (χ4v) is 4.10. The Labute approximate surface area is 213 Å². The van der Waals surface area contributed by atoms with Gasteiger partial charge in [-0.1, -0.05) is 90.4 Å². The number of carbonyl (C=O) groups is 2. The highest BCUT2D eigenvalue weighted by atomic mass is 79.9. The molecule has 0 fully saturated rings. The van der Waals surface area contributed by atoms with E-state index in [1.54, 1.807) is 12.1 Å². The van der Waals surface area contributed by atoms with Gasteiger partial charge in [0.1, 0.15) is 6.04 Å². The van der Waals surface area contributed by atoms with Crippen molar-refractivity contribution in [3.63, 3.8) is 0 Å². The number of hydrazone groups is 1. The van der Waals surface area contributed by atoms with E-state index in [9.17, 15) is 14.7 Å².